The first-order chi connectivity index (χ1) is 7.75. The van der Waals surface area contributed by atoms with Crippen molar-refractivity contribution >= 4 is 29.1 Å². The number of hydrogen-bond acceptors (Lipinski definition) is 3. The molecule has 0 fully saturated rings. The zero-order valence-corrected chi connectivity index (χ0v) is 10.7. The summed E-state index contributed by atoms with van der Waals surface area (Å²) in [6.45, 7) is 0. The van der Waals surface area contributed by atoms with Crippen LogP contribution < -0.4 is 0 Å². The number of aromatic nitrogens is 1. The zero-order valence-electron chi connectivity index (χ0n) is 8.95. The second kappa shape index (κ2) is 6.06. The minimum atomic E-state index is -0.114. The van der Waals surface area contributed by atoms with Crippen LogP contribution in [0, 0.1) is 0 Å². The van der Waals surface area contributed by atoms with E-state index in [9.17, 15) is 5.11 Å². The average Bonchev–Trinajstić information content (AvgIpc) is 2.32. The maximum Gasteiger partial charge on any atom is 0.157 e. The molecule has 2 aromatic rings. The lowest BCUT2D eigenvalue weighted by Crippen LogP contribution is -1.75. The highest BCUT2D eigenvalue weighted by molar-refractivity contribution is 8.93. The molecule has 0 aliphatic rings. The predicted octanol–water partition coefficient (Wildman–Crippen LogP) is 3.24. The van der Waals surface area contributed by atoms with Gasteiger partial charge in [0.2, 0.25) is 0 Å². The zero-order chi connectivity index (χ0) is 11.4. The van der Waals surface area contributed by atoms with Gasteiger partial charge in [0.1, 0.15) is 0 Å². The second-order valence-corrected chi connectivity index (χ2v) is 3.36. The lowest BCUT2D eigenvalue weighted by atomic mass is 10.1. The number of phenolic OH excluding ortho intramolecular Hbond substituents is 2. The monoisotopic (exact) mass is 293 g/mol. The molecule has 4 heteroatoms. The molecule has 0 saturated carbocycles. The minimum Gasteiger partial charge on any atom is -0.504 e. The van der Waals surface area contributed by atoms with Gasteiger partial charge in [0.25, 0.3) is 0 Å². The molecule has 0 aliphatic carbocycles. The normalized spacial score (nSPS) is 10.1. The van der Waals surface area contributed by atoms with Gasteiger partial charge < -0.3 is 10.2 Å². The molecule has 0 amide bonds. The summed E-state index contributed by atoms with van der Waals surface area (Å²) < 4.78 is 0. The van der Waals surface area contributed by atoms with Gasteiger partial charge in [0.15, 0.2) is 11.5 Å². The maximum absolute atomic E-state index is 9.30. The van der Waals surface area contributed by atoms with Crippen LogP contribution in [-0.2, 0) is 0 Å². The molecule has 0 saturated heterocycles. The first-order valence-corrected chi connectivity index (χ1v) is 4.86. The van der Waals surface area contributed by atoms with Crippen LogP contribution in [0.5, 0.6) is 11.5 Å². The lowest BCUT2D eigenvalue weighted by Gasteiger charge is -1.98. The van der Waals surface area contributed by atoms with Crippen molar-refractivity contribution in [3.63, 3.8) is 0 Å². The Kier molecular flexibility index (Phi) is 4.72. The molecular formula is C13H12BrNO2. The average molecular weight is 294 g/mol. The summed E-state index contributed by atoms with van der Waals surface area (Å²) in [5.74, 6) is -0.224. The Hall–Kier alpha value is -1.81. The maximum atomic E-state index is 9.30. The fraction of sp³-hybridized carbons (Fsp3) is 0. The summed E-state index contributed by atoms with van der Waals surface area (Å²) in [6.07, 6.45) is 7.20. The van der Waals surface area contributed by atoms with E-state index in [1.807, 2.05) is 24.3 Å². The molecule has 0 spiro atoms. The van der Waals surface area contributed by atoms with Crippen molar-refractivity contribution in [1.82, 2.24) is 4.98 Å². The number of benzene rings is 1. The van der Waals surface area contributed by atoms with E-state index in [0.717, 1.165) is 11.1 Å². The van der Waals surface area contributed by atoms with Crippen LogP contribution in [0.3, 0.4) is 0 Å². The number of rotatable bonds is 2. The van der Waals surface area contributed by atoms with Gasteiger partial charge in [-0.05, 0) is 35.4 Å². The molecule has 1 heterocycles. The largest absolute Gasteiger partial charge is 0.504 e. The Morgan fingerprint density at radius 1 is 0.824 bits per heavy atom. The van der Waals surface area contributed by atoms with Gasteiger partial charge in [-0.15, -0.1) is 17.0 Å². The number of phenols is 2. The molecule has 0 unspecified atom stereocenters. The lowest BCUT2D eigenvalue weighted by molar-refractivity contribution is 0.403. The first-order valence-electron chi connectivity index (χ1n) is 4.86. The van der Waals surface area contributed by atoms with Crippen LogP contribution in [0.4, 0.5) is 0 Å². The number of hydrogen-bond donors (Lipinski definition) is 2. The molecule has 88 valence electrons. The minimum absolute atomic E-state index is 0. The molecule has 0 bridgehead atoms. The van der Waals surface area contributed by atoms with E-state index in [2.05, 4.69) is 4.98 Å². The van der Waals surface area contributed by atoms with Gasteiger partial charge in [0, 0.05) is 12.4 Å². The number of aromatic hydroxyl groups is 2. The highest BCUT2D eigenvalue weighted by Crippen LogP contribution is 2.25. The topological polar surface area (TPSA) is 53.4 Å². The van der Waals surface area contributed by atoms with Gasteiger partial charge in [-0.2, -0.15) is 0 Å². The van der Waals surface area contributed by atoms with Gasteiger partial charge in [-0.1, -0.05) is 18.2 Å². The van der Waals surface area contributed by atoms with E-state index in [1.165, 1.54) is 12.1 Å². The van der Waals surface area contributed by atoms with Crippen molar-refractivity contribution in [2.45, 2.75) is 0 Å². The third-order valence-corrected chi connectivity index (χ3v) is 2.17. The Bertz CT molecular complexity index is 512. The smallest absolute Gasteiger partial charge is 0.157 e. The van der Waals surface area contributed by atoms with Gasteiger partial charge >= 0.3 is 0 Å². The van der Waals surface area contributed by atoms with Crippen molar-refractivity contribution in [1.29, 1.82) is 0 Å². The summed E-state index contributed by atoms with van der Waals surface area (Å²) in [4.78, 5) is 3.92. The predicted molar refractivity (Wildman–Crippen MR) is 73.3 cm³/mol. The standard InChI is InChI=1S/C13H11NO2.BrH/c15-12-4-3-11(9-13(12)16)2-1-10-5-7-14-8-6-10;/h1-9,15-16H;1H. The summed E-state index contributed by atoms with van der Waals surface area (Å²) in [5, 5.41) is 18.5. The van der Waals surface area contributed by atoms with E-state index in [0.29, 0.717) is 0 Å². The molecule has 17 heavy (non-hydrogen) atoms. The molecule has 3 nitrogen and oxygen atoms in total. The van der Waals surface area contributed by atoms with Crippen molar-refractivity contribution < 1.29 is 10.2 Å². The van der Waals surface area contributed by atoms with Crippen molar-refractivity contribution in [3.8, 4) is 11.5 Å². The molecule has 2 rings (SSSR count). The Morgan fingerprint density at radius 2 is 1.47 bits per heavy atom. The van der Waals surface area contributed by atoms with Crippen LogP contribution in [0.15, 0.2) is 42.7 Å². The van der Waals surface area contributed by atoms with Crippen LogP contribution in [0.1, 0.15) is 11.1 Å². The van der Waals surface area contributed by atoms with E-state index < -0.39 is 0 Å². The first kappa shape index (κ1) is 13.3. The molecular weight excluding hydrogens is 282 g/mol. The number of pyridine rings is 1. The molecule has 1 aromatic carbocycles. The quantitative estimate of drug-likeness (QED) is 0.836. The molecule has 1 aromatic heterocycles. The molecule has 2 N–H and O–H groups in total. The van der Waals surface area contributed by atoms with Crippen LogP contribution in [0.25, 0.3) is 12.2 Å². The summed E-state index contributed by atoms with van der Waals surface area (Å²) in [7, 11) is 0. The fourth-order valence-corrected chi connectivity index (χ4v) is 1.31. The second-order valence-electron chi connectivity index (χ2n) is 3.36. The highest BCUT2D eigenvalue weighted by Gasteiger charge is 1.97. The van der Waals surface area contributed by atoms with Crippen LogP contribution in [0.2, 0.25) is 0 Å². The fourth-order valence-electron chi connectivity index (χ4n) is 1.31. The summed E-state index contributed by atoms with van der Waals surface area (Å²) >= 11 is 0. The Labute approximate surface area is 110 Å². The van der Waals surface area contributed by atoms with Gasteiger partial charge in [-0.25, -0.2) is 0 Å². The third kappa shape index (κ3) is 3.60. The highest BCUT2D eigenvalue weighted by atomic mass is 79.9. The Balaban J connectivity index is 0.00000144. The number of nitrogens with zero attached hydrogens (tertiary/aromatic N) is 1. The van der Waals surface area contributed by atoms with Crippen molar-refractivity contribution in [3.05, 3.63) is 53.9 Å². The van der Waals surface area contributed by atoms with Gasteiger partial charge in [-0.3, -0.25) is 4.98 Å². The Morgan fingerprint density at radius 3 is 2.12 bits per heavy atom. The van der Waals surface area contributed by atoms with E-state index in [1.54, 1.807) is 18.5 Å². The molecule has 0 radical (unpaired) electrons. The van der Waals surface area contributed by atoms with Crippen LogP contribution in [-0.4, -0.2) is 15.2 Å². The van der Waals surface area contributed by atoms with Crippen molar-refractivity contribution in [2.24, 2.45) is 0 Å². The summed E-state index contributed by atoms with van der Waals surface area (Å²) in [5.41, 5.74) is 1.86. The molecule has 0 atom stereocenters. The van der Waals surface area contributed by atoms with Crippen LogP contribution >= 0.6 is 17.0 Å². The number of halogens is 1. The van der Waals surface area contributed by atoms with Gasteiger partial charge in [0.05, 0.1) is 0 Å². The van der Waals surface area contributed by atoms with E-state index >= 15 is 0 Å². The van der Waals surface area contributed by atoms with E-state index in [4.69, 9.17) is 5.11 Å². The van der Waals surface area contributed by atoms with E-state index in [-0.39, 0.29) is 28.5 Å². The third-order valence-electron chi connectivity index (χ3n) is 2.17. The molecule has 0 aliphatic heterocycles. The van der Waals surface area contributed by atoms with Crippen molar-refractivity contribution in [2.75, 3.05) is 0 Å². The summed E-state index contributed by atoms with van der Waals surface area (Å²) in [6, 6.07) is 8.47. The SMILES string of the molecule is Br.Oc1ccc(C=Cc2ccncc2)cc1O.